The van der Waals surface area contributed by atoms with E-state index in [9.17, 15) is 0 Å². The van der Waals surface area contributed by atoms with Crippen molar-refractivity contribution in [1.29, 1.82) is 0 Å². The third-order valence-electron chi connectivity index (χ3n) is 10.1. The van der Waals surface area contributed by atoms with Gasteiger partial charge in [-0.1, -0.05) is 72.8 Å². The molecule has 0 saturated carbocycles. The van der Waals surface area contributed by atoms with E-state index in [-0.39, 0.29) is 0 Å². The third kappa shape index (κ3) is 3.53. The number of rotatable bonds is 3. The monoisotopic (exact) mass is 616 g/mol. The fourth-order valence-corrected chi connectivity index (χ4v) is 7.98. The van der Waals surface area contributed by atoms with E-state index < -0.39 is 0 Å². The first kappa shape index (κ1) is 25.8. The van der Waals surface area contributed by atoms with Gasteiger partial charge in [0, 0.05) is 38.8 Å². The zero-order valence-electron chi connectivity index (χ0n) is 26.0. The summed E-state index contributed by atoms with van der Waals surface area (Å²) >= 11 is 0. The summed E-state index contributed by atoms with van der Waals surface area (Å²) in [4.78, 5) is 5.08. The molecule has 4 aromatic heterocycles. The zero-order valence-corrected chi connectivity index (χ0v) is 26.0. The van der Waals surface area contributed by atoms with E-state index in [1.165, 1.54) is 27.8 Å². The highest BCUT2D eigenvalue weighted by Crippen LogP contribution is 2.38. The van der Waals surface area contributed by atoms with Crippen molar-refractivity contribution in [3.8, 4) is 22.5 Å². The number of benzene rings is 6. The smallest absolute Gasteiger partial charge is 0.220 e. The van der Waals surface area contributed by atoms with Gasteiger partial charge < -0.3 is 8.98 Å². The van der Waals surface area contributed by atoms with Gasteiger partial charge in [0.25, 0.3) is 0 Å². The van der Waals surface area contributed by atoms with Crippen LogP contribution in [0.25, 0.3) is 89.3 Å². The molecule has 0 fully saturated rings. The third-order valence-corrected chi connectivity index (χ3v) is 10.1. The van der Waals surface area contributed by atoms with Crippen LogP contribution in [0.3, 0.4) is 0 Å². The van der Waals surface area contributed by atoms with Crippen LogP contribution in [-0.4, -0.2) is 18.5 Å². The Labute approximate surface area is 275 Å². The molecular formula is C43H28N4O. The molecule has 0 bridgehead atoms. The van der Waals surface area contributed by atoms with Crippen molar-refractivity contribution in [1.82, 2.24) is 18.5 Å². The lowest BCUT2D eigenvalue weighted by molar-refractivity contribution is 0.669. The van der Waals surface area contributed by atoms with E-state index in [0.29, 0.717) is 0 Å². The van der Waals surface area contributed by atoms with Gasteiger partial charge in [0.1, 0.15) is 11.2 Å². The fraction of sp³-hybridized carbons (Fsp3) is 0.0465. The molecule has 48 heavy (non-hydrogen) atoms. The SMILES string of the molecule is C1=Cc2c(n(-c3ccc4oc5ccc(-c6cccc(-n7c8ccccc8n8c9ccccc9nc78)c6)cc5c4c3)c3ccccc23)CC1. The Bertz CT molecular complexity index is 2960. The molecule has 6 aromatic carbocycles. The summed E-state index contributed by atoms with van der Waals surface area (Å²) in [6.07, 6.45) is 6.67. The first-order valence-corrected chi connectivity index (χ1v) is 16.5. The van der Waals surface area contributed by atoms with Crippen molar-refractivity contribution in [2.24, 2.45) is 0 Å². The molecule has 0 spiro atoms. The topological polar surface area (TPSA) is 40.3 Å². The predicted octanol–water partition coefficient (Wildman–Crippen LogP) is 10.9. The van der Waals surface area contributed by atoms with Crippen LogP contribution in [0.5, 0.6) is 0 Å². The molecule has 1 aliphatic carbocycles. The summed E-state index contributed by atoms with van der Waals surface area (Å²) in [6, 6.07) is 47.6. The molecule has 11 rings (SSSR count). The van der Waals surface area contributed by atoms with Gasteiger partial charge in [-0.2, -0.15) is 0 Å². The van der Waals surface area contributed by atoms with Crippen LogP contribution in [0.2, 0.25) is 0 Å². The molecule has 0 radical (unpaired) electrons. The second-order valence-corrected chi connectivity index (χ2v) is 12.8. The lowest BCUT2D eigenvalue weighted by Crippen LogP contribution is -2.02. The molecule has 0 atom stereocenters. The molecule has 5 nitrogen and oxygen atoms in total. The van der Waals surface area contributed by atoms with Crippen LogP contribution >= 0.6 is 0 Å². The maximum Gasteiger partial charge on any atom is 0.220 e. The summed E-state index contributed by atoms with van der Waals surface area (Å²) in [5.74, 6) is 0.911. The number of para-hydroxylation sites is 5. The zero-order chi connectivity index (χ0) is 31.3. The van der Waals surface area contributed by atoms with Crippen LogP contribution in [-0.2, 0) is 6.42 Å². The van der Waals surface area contributed by atoms with Crippen LogP contribution in [0.15, 0.2) is 144 Å². The highest BCUT2D eigenvalue weighted by Gasteiger charge is 2.20. The van der Waals surface area contributed by atoms with Crippen molar-refractivity contribution < 1.29 is 4.42 Å². The maximum atomic E-state index is 6.39. The van der Waals surface area contributed by atoms with Gasteiger partial charge >= 0.3 is 0 Å². The Balaban J connectivity index is 1.08. The van der Waals surface area contributed by atoms with Gasteiger partial charge in [-0.25, -0.2) is 4.98 Å². The molecule has 5 heteroatoms. The molecule has 226 valence electrons. The van der Waals surface area contributed by atoms with Crippen molar-refractivity contribution in [3.05, 3.63) is 151 Å². The first-order valence-electron chi connectivity index (χ1n) is 16.5. The Morgan fingerprint density at radius 3 is 2.19 bits per heavy atom. The number of hydrogen-bond acceptors (Lipinski definition) is 2. The molecular weight excluding hydrogens is 589 g/mol. The molecule has 0 aliphatic heterocycles. The number of allylic oxidation sites excluding steroid dienone is 1. The van der Waals surface area contributed by atoms with Crippen molar-refractivity contribution in [2.45, 2.75) is 12.8 Å². The van der Waals surface area contributed by atoms with Crippen LogP contribution < -0.4 is 0 Å². The Kier molecular flexibility index (Phi) is 5.16. The lowest BCUT2D eigenvalue weighted by atomic mass is 10.0. The number of imidazole rings is 2. The van der Waals surface area contributed by atoms with Gasteiger partial charge in [-0.15, -0.1) is 0 Å². The number of fused-ring (bicyclic) bond motifs is 11. The predicted molar refractivity (Wildman–Crippen MR) is 196 cm³/mol. The quantitative estimate of drug-likeness (QED) is 0.198. The van der Waals surface area contributed by atoms with Crippen LogP contribution in [0.1, 0.15) is 17.7 Å². The average molecular weight is 617 g/mol. The second-order valence-electron chi connectivity index (χ2n) is 12.8. The molecule has 0 unspecified atom stereocenters. The summed E-state index contributed by atoms with van der Waals surface area (Å²) in [7, 11) is 0. The normalized spacial score (nSPS) is 13.2. The summed E-state index contributed by atoms with van der Waals surface area (Å²) in [6.45, 7) is 0. The molecule has 4 heterocycles. The summed E-state index contributed by atoms with van der Waals surface area (Å²) < 4.78 is 13.4. The highest BCUT2D eigenvalue weighted by atomic mass is 16.3. The van der Waals surface area contributed by atoms with Crippen LogP contribution in [0, 0.1) is 0 Å². The van der Waals surface area contributed by atoms with Crippen molar-refractivity contribution in [2.75, 3.05) is 0 Å². The average Bonchev–Trinajstić information content (AvgIpc) is 3.88. The fourth-order valence-electron chi connectivity index (χ4n) is 7.98. The largest absolute Gasteiger partial charge is 0.456 e. The minimum absolute atomic E-state index is 0.895. The van der Waals surface area contributed by atoms with Crippen LogP contribution in [0.4, 0.5) is 0 Å². The minimum Gasteiger partial charge on any atom is -0.456 e. The first-order chi connectivity index (χ1) is 23.8. The van der Waals surface area contributed by atoms with E-state index in [2.05, 4.69) is 153 Å². The maximum absolute atomic E-state index is 6.39. The van der Waals surface area contributed by atoms with Crippen molar-refractivity contribution in [3.63, 3.8) is 0 Å². The Morgan fingerprint density at radius 1 is 0.542 bits per heavy atom. The molecule has 0 amide bonds. The van der Waals surface area contributed by atoms with E-state index >= 15 is 0 Å². The van der Waals surface area contributed by atoms with Gasteiger partial charge in [0.05, 0.1) is 27.6 Å². The van der Waals surface area contributed by atoms with Crippen molar-refractivity contribution >= 4 is 66.8 Å². The summed E-state index contributed by atoms with van der Waals surface area (Å²) in [5.41, 5.74) is 14.7. The molecule has 10 aromatic rings. The highest BCUT2D eigenvalue weighted by molar-refractivity contribution is 6.07. The van der Waals surface area contributed by atoms with E-state index in [1.54, 1.807) is 0 Å². The van der Waals surface area contributed by atoms with Gasteiger partial charge in [0.15, 0.2) is 0 Å². The number of aromatic nitrogens is 4. The Hall–Kier alpha value is -6.33. The standard InChI is InChI=1S/C43H28N4O/c1-4-15-36-31(12-1)32-13-2-5-16-37(32)45(36)30-21-23-42-34(26-30)33-25-28(20-22-41(33)48-42)27-10-9-11-29(24-27)46-39-18-7-8-19-40(39)47-38-17-6-3-14-35(38)44-43(46)47/h1-4,6-15,17-26H,5,16H2. The van der Waals surface area contributed by atoms with Gasteiger partial charge in [-0.3, -0.25) is 8.97 Å². The molecule has 1 aliphatic rings. The van der Waals surface area contributed by atoms with E-state index in [4.69, 9.17) is 9.40 Å². The number of hydrogen-bond donors (Lipinski definition) is 0. The molecule has 0 saturated heterocycles. The minimum atomic E-state index is 0.895. The second kappa shape index (κ2) is 9.60. The van der Waals surface area contributed by atoms with Gasteiger partial charge in [-0.05, 0) is 96.8 Å². The molecule has 0 N–H and O–H groups in total. The number of nitrogens with zero attached hydrogens (tertiary/aromatic N) is 4. The summed E-state index contributed by atoms with van der Waals surface area (Å²) in [5, 5.41) is 3.55. The van der Waals surface area contributed by atoms with E-state index in [0.717, 1.165) is 79.4 Å². The lowest BCUT2D eigenvalue weighted by Gasteiger charge is -2.13. The number of furan rings is 1. The Morgan fingerprint density at radius 2 is 1.27 bits per heavy atom. The van der Waals surface area contributed by atoms with Gasteiger partial charge in [0.2, 0.25) is 5.78 Å². The van der Waals surface area contributed by atoms with E-state index in [1.807, 2.05) is 6.07 Å².